The van der Waals surface area contributed by atoms with Gasteiger partial charge >= 0.3 is 5.97 Å². The fourth-order valence-electron chi connectivity index (χ4n) is 2.61. The molecule has 5 heteroatoms. The van der Waals surface area contributed by atoms with Crippen molar-refractivity contribution in [3.8, 4) is 0 Å². The van der Waals surface area contributed by atoms with Crippen molar-refractivity contribution in [2.45, 2.75) is 31.7 Å². The predicted octanol–water partition coefficient (Wildman–Crippen LogP) is -0.0346. The number of hydrogen-bond donors (Lipinski definition) is 3. The van der Waals surface area contributed by atoms with E-state index in [0.29, 0.717) is 6.42 Å². The second kappa shape index (κ2) is 4.82. The van der Waals surface area contributed by atoms with Crippen molar-refractivity contribution in [3.63, 3.8) is 0 Å². The van der Waals surface area contributed by atoms with E-state index in [-0.39, 0.29) is 17.9 Å². The van der Waals surface area contributed by atoms with Crippen molar-refractivity contribution in [2.24, 2.45) is 11.8 Å². The Labute approximate surface area is 94.6 Å². The van der Waals surface area contributed by atoms with E-state index < -0.39 is 11.9 Å². The first-order chi connectivity index (χ1) is 7.68. The molecule has 90 valence electrons. The molecule has 2 rings (SSSR count). The van der Waals surface area contributed by atoms with Crippen LogP contribution in [0.25, 0.3) is 0 Å². The molecule has 1 saturated heterocycles. The summed E-state index contributed by atoms with van der Waals surface area (Å²) >= 11 is 0. The standard InChI is InChI=1S/C11H18N2O3/c14-10(7-4-5-12-6-7)13-9-3-1-2-8(9)11(15)16/h7-9,12H,1-6H2,(H,13,14)(H,15,16). The first-order valence-electron chi connectivity index (χ1n) is 5.92. The Hall–Kier alpha value is -1.10. The number of rotatable bonds is 3. The normalized spacial score (nSPS) is 33.9. The molecule has 1 aliphatic heterocycles. The molecule has 0 aromatic carbocycles. The summed E-state index contributed by atoms with van der Waals surface area (Å²) < 4.78 is 0. The van der Waals surface area contributed by atoms with E-state index in [1.807, 2.05) is 0 Å². The molecule has 1 aliphatic carbocycles. The maximum absolute atomic E-state index is 11.8. The summed E-state index contributed by atoms with van der Waals surface area (Å²) in [5.41, 5.74) is 0. The number of hydrogen-bond acceptors (Lipinski definition) is 3. The quantitative estimate of drug-likeness (QED) is 0.631. The summed E-state index contributed by atoms with van der Waals surface area (Å²) in [4.78, 5) is 22.8. The first kappa shape index (κ1) is 11.4. The van der Waals surface area contributed by atoms with Gasteiger partial charge in [-0.15, -0.1) is 0 Å². The average Bonchev–Trinajstić information content (AvgIpc) is 2.86. The third-order valence-corrected chi connectivity index (χ3v) is 3.59. The maximum Gasteiger partial charge on any atom is 0.308 e. The van der Waals surface area contributed by atoms with E-state index in [2.05, 4.69) is 10.6 Å². The Balaban J connectivity index is 1.88. The highest BCUT2D eigenvalue weighted by Crippen LogP contribution is 2.26. The number of carboxylic acids is 1. The van der Waals surface area contributed by atoms with Gasteiger partial charge in [0.25, 0.3) is 0 Å². The van der Waals surface area contributed by atoms with Crippen LogP contribution in [-0.2, 0) is 9.59 Å². The molecule has 3 atom stereocenters. The van der Waals surface area contributed by atoms with Crippen molar-refractivity contribution in [2.75, 3.05) is 13.1 Å². The Morgan fingerprint density at radius 3 is 2.69 bits per heavy atom. The summed E-state index contributed by atoms with van der Waals surface area (Å²) in [5, 5.41) is 15.0. The Morgan fingerprint density at radius 2 is 2.06 bits per heavy atom. The van der Waals surface area contributed by atoms with Gasteiger partial charge in [-0.3, -0.25) is 9.59 Å². The zero-order valence-electron chi connectivity index (χ0n) is 9.24. The minimum atomic E-state index is -0.785. The smallest absolute Gasteiger partial charge is 0.308 e. The highest BCUT2D eigenvalue weighted by atomic mass is 16.4. The van der Waals surface area contributed by atoms with Gasteiger partial charge in [0.1, 0.15) is 0 Å². The zero-order valence-corrected chi connectivity index (χ0v) is 9.24. The van der Waals surface area contributed by atoms with E-state index in [9.17, 15) is 9.59 Å². The van der Waals surface area contributed by atoms with Crippen LogP contribution in [0.4, 0.5) is 0 Å². The molecule has 1 heterocycles. The highest BCUT2D eigenvalue weighted by Gasteiger charge is 2.35. The van der Waals surface area contributed by atoms with Gasteiger partial charge in [-0.1, -0.05) is 6.42 Å². The third-order valence-electron chi connectivity index (χ3n) is 3.59. The second-order valence-electron chi connectivity index (χ2n) is 4.68. The van der Waals surface area contributed by atoms with E-state index in [1.54, 1.807) is 0 Å². The molecular weight excluding hydrogens is 208 g/mol. The molecule has 1 saturated carbocycles. The van der Waals surface area contributed by atoms with Gasteiger partial charge in [0.2, 0.25) is 5.91 Å². The summed E-state index contributed by atoms with van der Waals surface area (Å²) in [5.74, 6) is -1.14. The lowest BCUT2D eigenvalue weighted by atomic mass is 10.0. The van der Waals surface area contributed by atoms with Gasteiger partial charge in [0, 0.05) is 12.6 Å². The Bertz CT molecular complexity index is 287. The molecule has 5 nitrogen and oxygen atoms in total. The van der Waals surface area contributed by atoms with Crippen LogP contribution in [0.1, 0.15) is 25.7 Å². The van der Waals surface area contributed by atoms with Crippen LogP contribution in [0.5, 0.6) is 0 Å². The van der Waals surface area contributed by atoms with Crippen LogP contribution >= 0.6 is 0 Å². The number of carbonyl (C=O) groups is 2. The van der Waals surface area contributed by atoms with Crippen LogP contribution in [0.15, 0.2) is 0 Å². The van der Waals surface area contributed by atoms with Crippen LogP contribution < -0.4 is 10.6 Å². The van der Waals surface area contributed by atoms with Gasteiger partial charge in [-0.05, 0) is 25.8 Å². The van der Waals surface area contributed by atoms with E-state index in [1.165, 1.54) is 0 Å². The number of carboxylic acid groups (broad SMARTS) is 1. The summed E-state index contributed by atoms with van der Waals surface area (Å²) in [6.07, 6.45) is 3.23. The lowest BCUT2D eigenvalue weighted by Gasteiger charge is -2.19. The average molecular weight is 226 g/mol. The van der Waals surface area contributed by atoms with Crippen molar-refractivity contribution < 1.29 is 14.7 Å². The Morgan fingerprint density at radius 1 is 1.25 bits per heavy atom. The van der Waals surface area contributed by atoms with Crippen LogP contribution in [-0.4, -0.2) is 36.1 Å². The summed E-state index contributed by atoms with van der Waals surface area (Å²) in [6.45, 7) is 1.60. The molecule has 0 spiro atoms. The second-order valence-corrected chi connectivity index (χ2v) is 4.68. The van der Waals surface area contributed by atoms with Crippen molar-refractivity contribution >= 4 is 11.9 Å². The molecule has 16 heavy (non-hydrogen) atoms. The summed E-state index contributed by atoms with van der Waals surface area (Å²) in [6, 6.07) is -0.161. The lowest BCUT2D eigenvalue weighted by Crippen LogP contribution is -2.43. The van der Waals surface area contributed by atoms with Gasteiger partial charge in [-0.2, -0.15) is 0 Å². The lowest BCUT2D eigenvalue weighted by molar-refractivity contribution is -0.142. The topological polar surface area (TPSA) is 78.4 Å². The van der Waals surface area contributed by atoms with E-state index in [0.717, 1.165) is 32.4 Å². The minimum absolute atomic E-state index is 0.0168. The van der Waals surface area contributed by atoms with Gasteiger partial charge in [0.15, 0.2) is 0 Å². The van der Waals surface area contributed by atoms with Crippen molar-refractivity contribution in [3.05, 3.63) is 0 Å². The molecule has 1 amide bonds. The largest absolute Gasteiger partial charge is 0.481 e. The zero-order chi connectivity index (χ0) is 11.5. The van der Waals surface area contributed by atoms with E-state index >= 15 is 0 Å². The number of nitrogens with one attached hydrogen (secondary N) is 2. The Kier molecular flexibility index (Phi) is 3.43. The molecular formula is C11H18N2O3. The fraction of sp³-hybridized carbons (Fsp3) is 0.818. The predicted molar refractivity (Wildman–Crippen MR) is 57.9 cm³/mol. The maximum atomic E-state index is 11.8. The van der Waals surface area contributed by atoms with Crippen molar-refractivity contribution in [1.82, 2.24) is 10.6 Å². The molecule has 0 aromatic rings. The molecule has 3 N–H and O–H groups in total. The van der Waals surface area contributed by atoms with Crippen LogP contribution in [0.3, 0.4) is 0 Å². The monoisotopic (exact) mass is 226 g/mol. The molecule has 2 aliphatic rings. The van der Waals surface area contributed by atoms with Gasteiger partial charge in [-0.25, -0.2) is 0 Å². The SMILES string of the molecule is O=C(NC1CCCC1C(=O)O)C1CCNC1. The van der Waals surface area contributed by atoms with Crippen LogP contribution in [0.2, 0.25) is 0 Å². The highest BCUT2D eigenvalue weighted by molar-refractivity contribution is 5.81. The van der Waals surface area contributed by atoms with Crippen molar-refractivity contribution in [1.29, 1.82) is 0 Å². The fourth-order valence-corrected chi connectivity index (χ4v) is 2.61. The van der Waals surface area contributed by atoms with Gasteiger partial charge in [0.05, 0.1) is 11.8 Å². The minimum Gasteiger partial charge on any atom is -0.481 e. The van der Waals surface area contributed by atoms with Gasteiger partial charge < -0.3 is 15.7 Å². The number of amides is 1. The molecule has 0 radical (unpaired) electrons. The number of aliphatic carboxylic acids is 1. The van der Waals surface area contributed by atoms with E-state index in [4.69, 9.17) is 5.11 Å². The third kappa shape index (κ3) is 2.35. The summed E-state index contributed by atoms with van der Waals surface area (Å²) in [7, 11) is 0. The molecule has 3 unspecified atom stereocenters. The molecule has 0 aromatic heterocycles. The molecule has 0 bridgehead atoms. The van der Waals surface area contributed by atoms with Crippen LogP contribution in [0, 0.1) is 11.8 Å². The first-order valence-corrected chi connectivity index (χ1v) is 5.92. The molecule has 2 fully saturated rings. The number of carbonyl (C=O) groups excluding carboxylic acids is 1.